The van der Waals surface area contributed by atoms with Crippen LogP contribution in [0.25, 0.3) is 0 Å². The molecule has 0 saturated carbocycles. The highest BCUT2D eigenvalue weighted by atomic mass is 16.5. The van der Waals surface area contributed by atoms with Crippen molar-refractivity contribution in [3.63, 3.8) is 0 Å². The zero-order chi connectivity index (χ0) is 10.1. The summed E-state index contributed by atoms with van der Waals surface area (Å²) in [5.41, 5.74) is 0. The lowest BCUT2D eigenvalue weighted by molar-refractivity contribution is -0.142. The minimum absolute atomic E-state index is 0.161. The average Bonchev–Trinajstić information content (AvgIpc) is 2.12. The van der Waals surface area contributed by atoms with Crippen LogP contribution >= 0.6 is 0 Å². The van der Waals surface area contributed by atoms with Crippen LogP contribution in [0.5, 0.6) is 0 Å². The molecule has 0 rings (SSSR count). The van der Waals surface area contributed by atoms with E-state index < -0.39 is 0 Å². The largest absolute Gasteiger partial charge is 0.465 e. The van der Waals surface area contributed by atoms with Gasteiger partial charge in [0.15, 0.2) is 0 Å². The molecule has 0 bridgehead atoms. The van der Waals surface area contributed by atoms with Crippen molar-refractivity contribution in [3.8, 4) is 0 Å². The summed E-state index contributed by atoms with van der Waals surface area (Å²) in [6.07, 6.45) is 3.53. The summed E-state index contributed by atoms with van der Waals surface area (Å²) in [6.45, 7) is 6.87. The molecule has 13 heavy (non-hydrogen) atoms. The minimum atomic E-state index is -0.161. The Kier molecular flexibility index (Phi) is 7.69. The van der Waals surface area contributed by atoms with Crippen LogP contribution in [0.4, 0.5) is 0 Å². The molecule has 0 aliphatic carbocycles. The van der Waals surface area contributed by atoms with Crippen molar-refractivity contribution in [1.29, 1.82) is 0 Å². The lowest BCUT2D eigenvalue weighted by Crippen LogP contribution is -2.32. The second kappa shape index (κ2) is 8.05. The Hall–Kier alpha value is -0.570. The summed E-state index contributed by atoms with van der Waals surface area (Å²) in [4.78, 5) is 10.9. The lowest BCUT2D eigenvalue weighted by atomic mass is 10.1. The smallest absolute Gasteiger partial charge is 0.319 e. The van der Waals surface area contributed by atoms with E-state index >= 15 is 0 Å². The second-order valence-corrected chi connectivity index (χ2v) is 3.23. The first-order valence-corrected chi connectivity index (χ1v) is 5.09. The molecule has 0 aromatic carbocycles. The Bertz CT molecular complexity index is 137. The van der Waals surface area contributed by atoms with Gasteiger partial charge in [0.05, 0.1) is 13.2 Å². The molecule has 0 amide bonds. The normalized spacial score (nSPS) is 12.5. The second-order valence-electron chi connectivity index (χ2n) is 3.23. The van der Waals surface area contributed by atoms with Gasteiger partial charge in [0.2, 0.25) is 0 Å². The standard InChI is InChI=1S/C10H21NO2/c1-4-6-7-9(3)11-8-10(12)13-5-2/h9,11H,4-8H2,1-3H3. The van der Waals surface area contributed by atoms with Crippen LogP contribution in [-0.4, -0.2) is 25.2 Å². The zero-order valence-corrected chi connectivity index (χ0v) is 8.93. The third kappa shape index (κ3) is 7.78. The van der Waals surface area contributed by atoms with Crippen molar-refractivity contribution in [3.05, 3.63) is 0 Å². The Labute approximate surface area is 80.8 Å². The molecule has 0 heterocycles. The van der Waals surface area contributed by atoms with E-state index in [0.29, 0.717) is 19.2 Å². The van der Waals surface area contributed by atoms with E-state index in [0.717, 1.165) is 6.42 Å². The van der Waals surface area contributed by atoms with E-state index in [9.17, 15) is 4.79 Å². The number of carbonyl (C=O) groups excluding carboxylic acids is 1. The Morgan fingerprint density at radius 2 is 2.15 bits per heavy atom. The summed E-state index contributed by atoms with van der Waals surface area (Å²) in [7, 11) is 0. The number of rotatable bonds is 7. The van der Waals surface area contributed by atoms with Crippen LogP contribution in [-0.2, 0) is 9.53 Å². The third-order valence-corrected chi connectivity index (χ3v) is 1.89. The van der Waals surface area contributed by atoms with Crippen LogP contribution in [0.2, 0.25) is 0 Å². The number of unbranched alkanes of at least 4 members (excludes halogenated alkanes) is 1. The molecule has 3 heteroatoms. The third-order valence-electron chi connectivity index (χ3n) is 1.89. The SMILES string of the molecule is CCCCC(C)NCC(=O)OCC. The lowest BCUT2D eigenvalue weighted by Gasteiger charge is -2.12. The summed E-state index contributed by atoms with van der Waals surface area (Å²) in [6, 6.07) is 0.407. The molecule has 0 aliphatic rings. The van der Waals surface area contributed by atoms with E-state index in [1.54, 1.807) is 0 Å². The monoisotopic (exact) mass is 187 g/mol. The molecule has 1 unspecified atom stereocenters. The van der Waals surface area contributed by atoms with Gasteiger partial charge in [-0.15, -0.1) is 0 Å². The quantitative estimate of drug-likeness (QED) is 0.617. The molecule has 1 N–H and O–H groups in total. The fourth-order valence-electron chi connectivity index (χ4n) is 1.08. The highest BCUT2D eigenvalue weighted by Gasteiger charge is 2.04. The van der Waals surface area contributed by atoms with Gasteiger partial charge in [-0.2, -0.15) is 0 Å². The maximum absolute atomic E-state index is 10.9. The molecule has 0 fully saturated rings. The topological polar surface area (TPSA) is 38.3 Å². The molecule has 0 aromatic rings. The van der Waals surface area contributed by atoms with Gasteiger partial charge >= 0.3 is 5.97 Å². The molecule has 0 spiro atoms. The fourth-order valence-corrected chi connectivity index (χ4v) is 1.08. The van der Waals surface area contributed by atoms with Crippen molar-refractivity contribution >= 4 is 5.97 Å². The van der Waals surface area contributed by atoms with Gasteiger partial charge in [0.1, 0.15) is 0 Å². The molecular formula is C10H21NO2. The molecule has 0 radical (unpaired) electrons. The fraction of sp³-hybridized carbons (Fsp3) is 0.900. The van der Waals surface area contributed by atoms with E-state index in [1.165, 1.54) is 12.8 Å². The van der Waals surface area contributed by atoms with Gasteiger partial charge in [0, 0.05) is 6.04 Å². The van der Waals surface area contributed by atoms with Gasteiger partial charge in [-0.25, -0.2) is 0 Å². The highest BCUT2D eigenvalue weighted by molar-refractivity contribution is 5.71. The summed E-state index contributed by atoms with van der Waals surface area (Å²) < 4.78 is 4.80. The van der Waals surface area contributed by atoms with Crippen LogP contribution in [0.3, 0.4) is 0 Å². The Morgan fingerprint density at radius 3 is 2.69 bits per heavy atom. The average molecular weight is 187 g/mol. The summed E-state index contributed by atoms with van der Waals surface area (Å²) >= 11 is 0. The van der Waals surface area contributed by atoms with Crippen LogP contribution in [0.1, 0.15) is 40.0 Å². The number of esters is 1. The minimum Gasteiger partial charge on any atom is -0.465 e. The van der Waals surface area contributed by atoms with E-state index in [-0.39, 0.29) is 5.97 Å². The number of ether oxygens (including phenoxy) is 1. The van der Waals surface area contributed by atoms with Gasteiger partial charge < -0.3 is 10.1 Å². The van der Waals surface area contributed by atoms with E-state index in [2.05, 4.69) is 19.2 Å². The molecule has 0 saturated heterocycles. The predicted molar refractivity (Wildman–Crippen MR) is 53.6 cm³/mol. The maximum Gasteiger partial charge on any atom is 0.319 e. The first-order chi connectivity index (χ1) is 6.20. The van der Waals surface area contributed by atoms with Crippen LogP contribution in [0.15, 0.2) is 0 Å². The molecule has 0 aromatic heterocycles. The summed E-state index contributed by atoms with van der Waals surface area (Å²) in [5.74, 6) is -0.161. The maximum atomic E-state index is 10.9. The molecule has 78 valence electrons. The van der Waals surface area contributed by atoms with Crippen LogP contribution < -0.4 is 5.32 Å². The van der Waals surface area contributed by atoms with Crippen molar-refractivity contribution in [2.75, 3.05) is 13.2 Å². The first kappa shape index (κ1) is 12.4. The summed E-state index contributed by atoms with van der Waals surface area (Å²) in [5, 5.41) is 3.13. The Morgan fingerprint density at radius 1 is 1.46 bits per heavy atom. The van der Waals surface area contributed by atoms with Gasteiger partial charge in [-0.3, -0.25) is 4.79 Å². The van der Waals surface area contributed by atoms with E-state index in [4.69, 9.17) is 4.74 Å². The highest BCUT2D eigenvalue weighted by Crippen LogP contribution is 1.98. The molecule has 1 atom stereocenters. The van der Waals surface area contributed by atoms with Gasteiger partial charge in [0.25, 0.3) is 0 Å². The number of hydrogen-bond donors (Lipinski definition) is 1. The van der Waals surface area contributed by atoms with Crippen molar-refractivity contribution in [1.82, 2.24) is 5.32 Å². The molecule has 0 aliphatic heterocycles. The van der Waals surface area contributed by atoms with Crippen molar-refractivity contribution in [2.24, 2.45) is 0 Å². The molecular weight excluding hydrogens is 166 g/mol. The predicted octanol–water partition coefficient (Wildman–Crippen LogP) is 1.72. The van der Waals surface area contributed by atoms with Crippen LogP contribution in [0, 0.1) is 0 Å². The number of carbonyl (C=O) groups is 1. The first-order valence-electron chi connectivity index (χ1n) is 5.09. The number of nitrogens with one attached hydrogen (secondary N) is 1. The zero-order valence-electron chi connectivity index (χ0n) is 8.93. The number of hydrogen-bond acceptors (Lipinski definition) is 3. The van der Waals surface area contributed by atoms with E-state index in [1.807, 2.05) is 6.92 Å². The molecule has 3 nitrogen and oxygen atoms in total. The van der Waals surface area contributed by atoms with Gasteiger partial charge in [-0.1, -0.05) is 19.8 Å². The van der Waals surface area contributed by atoms with Crippen molar-refractivity contribution in [2.45, 2.75) is 46.1 Å². The Balaban J connectivity index is 3.34. The van der Waals surface area contributed by atoms with Gasteiger partial charge in [-0.05, 0) is 20.3 Å². The van der Waals surface area contributed by atoms with Crippen molar-refractivity contribution < 1.29 is 9.53 Å².